The highest BCUT2D eigenvalue weighted by molar-refractivity contribution is 5.36. The fourth-order valence-corrected chi connectivity index (χ4v) is 1.68. The molecule has 88 valence electrons. The molecule has 0 aliphatic rings. The lowest BCUT2D eigenvalue weighted by molar-refractivity contribution is 0.871. The summed E-state index contributed by atoms with van der Waals surface area (Å²) in [5, 5.41) is 3.31. The number of nitrogens with zero attached hydrogens (tertiary/aromatic N) is 2. The molecule has 0 spiro atoms. The van der Waals surface area contributed by atoms with Crippen molar-refractivity contribution in [3.63, 3.8) is 0 Å². The van der Waals surface area contributed by atoms with E-state index >= 15 is 0 Å². The fraction of sp³-hybridized carbons (Fsp3) is 0.286. The van der Waals surface area contributed by atoms with Crippen LogP contribution in [0.2, 0.25) is 0 Å². The van der Waals surface area contributed by atoms with Crippen LogP contribution >= 0.6 is 0 Å². The lowest BCUT2D eigenvalue weighted by atomic mass is 10.2. The van der Waals surface area contributed by atoms with Crippen LogP contribution in [0.5, 0.6) is 0 Å². The van der Waals surface area contributed by atoms with Gasteiger partial charge in [-0.3, -0.25) is 0 Å². The number of aromatic nitrogens is 2. The van der Waals surface area contributed by atoms with Crippen molar-refractivity contribution in [1.29, 1.82) is 0 Å². The van der Waals surface area contributed by atoms with E-state index in [4.69, 9.17) is 0 Å². The van der Waals surface area contributed by atoms with Crippen LogP contribution in [0.1, 0.15) is 24.6 Å². The van der Waals surface area contributed by atoms with Gasteiger partial charge in [0.2, 0.25) is 0 Å². The molecule has 0 radical (unpaired) electrons. The molecule has 2 aromatic rings. The third-order valence-corrected chi connectivity index (χ3v) is 2.55. The molecule has 1 aromatic carbocycles. The van der Waals surface area contributed by atoms with Gasteiger partial charge >= 0.3 is 0 Å². The van der Waals surface area contributed by atoms with Gasteiger partial charge < -0.3 is 5.32 Å². The van der Waals surface area contributed by atoms with Crippen molar-refractivity contribution < 1.29 is 0 Å². The second-order valence-electron chi connectivity index (χ2n) is 3.98. The molecular weight excluding hydrogens is 210 g/mol. The molecule has 3 heteroatoms. The maximum Gasteiger partial charge on any atom is 0.129 e. The molecule has 17 heavy (non-hydrogen) atoms. The minimum atomic E-state index is 0.795. The first-order valence-electron chi connectivity index (χ1n) is 5.97. The number of anilines is 1. The molecule has 0 amide bonds. The maximum atomic E-state index is 4.23. The second-order valence-corrected chi connectivity index (χ2v) is 3.98. The standard InChI is InChI=1S/C14H17N3/c1-2-6-13-9-14(17-11-16-13)15-10-12-7-4-3-5-8-12/h3-5,7-9,11H,2,6,10H2,1H3,(H,15,16,17). The number of nitrogens with one attached hydrogen (secondary N) is 1. The largest absolute Gasteiger partial charge is 0.366 e. The Morgan fingerprint density at radius 1 is 1.12 bits per heavy atom. The van der Waals surface area contributed by atoms with E-state index in [1.165, 1.54) is 5.56 Å². The van der Waals surface area contributed by atoms with E-state index < -0.39 is 0 Å². The van der Waals surface area contributed by atoms with Crippen molar-refractivity contribution in [3.05, 3.63) is 54.0 Å². The fourth-order valence-electron chi connectivity index (χ4n) is 1.68. The molecule has 0 fully saturated rings. The van der Waals surface area contributed by atoms with Gasteiger partial charge in [-0.2, -0.15) is 0 Å². The van der Waals surface area contributed by atoms with Gasteiger partial charge in [-0.05, 0) is 12.0 Å². The first-order chi connectivity index (χ1) is 8.38. The number of rotatable bonds is 5. The Bertz CT molecular complexity index is 454. The summed E-state index contributed by atoms with van der Waals surface area (Å²) < 4.78 is 0. The van der Waals surface area contributed by atoms with Crippen LogP contribution in [0.25, 0.3) is 0 Å². The molecule has 0 atom stereocenters. The monoisotopic (exact) mass is 227 g/mol. The second kappa shape index (κ2) is 5.99. The Balaban J connectivity index is 1.97. The van der Waals surface area contributed by atoms with Gasteiger partial charge in [-0.25, -0.2) is 9.97 Å². The number of hydrogen-bond donors (Lipinski definition) is 1. The molecule has 0 aliphatic carbocycles. The molecule has 2 rings (SSSR count). The minimum Gasteiger partial charge on any atom is -0.366 e. The normalized spacial score (nSPS) is 10.2. The van der Waals surface area contributed by atoms with Gasteiger partial charge in [0.25, 0.3) is 0 Å². The summed E-state index contributed by atoms with van der Waals surface area (Å²) in [5.41, 5.74) is 2.35. The highest BCUT2D eigenvalue weighted by Crippen LogP contribution is 2.08. The molecule has 1 N–H and O–H groups in total. The summed E-state index contributed by atoms with van der Waals surface area (Å²) in [6, 6.07) is 12.3. The van der Waals surface area contributed by atoms with Crippen LogP contribution in [0.3, 0.4) is 0 Å². The minimum absolute atomic E-state index is 0.795. The van der Waals surface area contributed by atoms with Gasteiger partial charge in [-0.1, -0.05) is 43.7 Å². The van der Waals surface area contributed by atoms with Crippen LogP contribution in [0.15, 0.2) is 42.7 Å². The zero-order valence-corrected chi connectivity index (χ0v) is 10.1. The molecule has 0 saturated heterocycles. The molecule has 3 nitrogen and oxygen atoms in total. The Morgan fingerprint density at radius 2 is 1.94 bits per heavy atom. The van der Waals surface area contributed by atoms with Crippen LogP contribution in [-0.4, -0.2) is 9.97 Å². The van der Waals surface area contributed by atoms with Gasteiger partial charge in [0.15, 0.2) is 0 Å². The van der Waals surface area contributed by atoms with Crippen LogP contribution in [0.4, 0.5) is 5.82 Å². The van der Waals surface area contributed by atoms with Crippen molar-refractivity contribution in [3.8, 4) is 0 Å². The summed E-state index contributed by atoms with van der Waals surface area (Å²) in [4.78, 5) is 8.45. The first-order valence-corrected chi connectivity index (χ1v) is 5.97. The first kappa shape index (κ1) is 11.6. The highest BCUT2D eigenvalue weighted by Gasteiger charge is 1.98. The lowest BCUT2D eigenvalue weighted by Crippen LogP contribution is -2.02. The van der Waals surface area contributed by atoms with Crippen molar-refractivity contribution >= 4 is 5.82 Å². The predicted molar refractivity (Wildman–Crippen MR) is 69.8 cm³/mol. The van der Waals surface area contributed by atoms with E-state index in [2.05, 4.69) is 34.3 Å². The molecular formula is C14H17N3. The third kappa shape index (κ3) is 3.55. The summed E-state index contributed by atoms with van der Waals surface area (Å²) in [6.07, 6.45) is 3.73. The Morgan fingerprint density at radius 3 is 2.71 bits per heavy atom. The molecule has 1 heterocycles. The Hall–Kier alpha value is -1.90. The van der Waals surface area contributed by atoms with E-state index in [-0.39, 0.29) is 0 Å². The van der Waals surface area contributed by atoms with Crippen LogP contribution in [-0.2, 0) is 13.0 Å². The topological polar surface area (TPSA) is 37.8 Å². The zero-order chi connectivity index (χ0) is 11.9. The predicted octanol–water partition coefficient (Wildman–Crippen LogP) is 3.04. The highest BCUT2D eigenvalue weighted by atomic mass is 15.0. The number of benzene rings is 1. The van der Waals surface area contributed by atoms with Gasteiger partial charge in [0.05, 0.1) is 0 Å². The van der Waals surface area contributed by atoms with E-state index in [0.717, 1.165) is 30.9 Å². The number of hydrogen-bond acceptors (Lipinski definition) is 3. The average Bonchev–Trinajstić information content (AvgIpc) is 2.39. The van der Waals surface area contributed by atoms with Crippen molar-refractivity contribution in [2.24, 2.45) is 0 Å². The Labute approximate surface area is 102 Å². The van der Waals surface area contributed by atoms with E-state index in [1.807, 2.05) is 24.3 Å². The van der Waals surface area contributed by atoms with Gasteiger partial charge in [0.1, 0.15) is 12.1 Å². The summed E-state index contributed by atoms with van der Waals surface area (Å²) in [7, 11) is 0. The smallest absolute Gasteiger partial charge is 0.129 e. The summed E-state index contributed by atoms with van der Waals surface area (Å²) in [5.74, 6) is 0.896. The van der Waals surface area contributed by atoms with Gasteiger partial charge in [-0.15, -0.1) is 0 Å². The van der Waals surface area contributed by atoms with Crippen molar-refractivity contribution in [1.82, 2.24) is 9.97 Å². The Kier molecular flexibility index (Phi) is 4.08. The van der Waals surface area contributed by atoms with E-state index in [1.54, 1.807) is 6.33 Å². The lowest BCUT2D eigenvalue weighted by Gasteiger charge is -2.06. The number of aryl methyl sites for hydroxylation is 1. The SMILES string of the molecule is CCCc1cc(NCc2ccccc2)ncn1. The molecule has 0 unspecified atom stereocenters. The third-order valence-electron chi connectivity index (χ3n) is 2.55. The van der Waals surface area contributed by atoms with Crippen molar-refractivity contribution in [2.75, 3.05) is 5.32 Å². The zero-order valence-electron chi connectivity index (χ0n) is 10.1. The van der Waals surface area contributed by atoms with Crippen molar-refractivity contribution in [2.45, 2.75) is 26.3 Å². The van der Waals surface area contributed by atoms with Gasteiger partial charge in [0, 0.05) is 18.3 Å². The summed E-state index contributed by atoms with van der Waals surface area (Å²) in [6.45, 7) is 2.95. The molecule has 0 aliphatic heterocycles. The quantitative estimate of drug-likeness (QED) is 0.853. The molecule has 0 saturated carbocycles. The average molecular weight is 227 g/mol. The summed E-state index contributed by atoms with van der Waals surface area (Å²) >= 11 is 0. The maximum absolute atomic E-state index is 4.23. The molecule has 1 aromatic heterocycles. The van der Waals surface area contributed by atoms with E-state index in [0.29, 0.717) is 0 Å². The molecule has 0 bridgehead atoms. The van der Waals surface area contributed by atoms with Crippen LogP contribution in [0, 0.1) is 0 Å². The van der Waals surface area contributed by atoms with Crippen LogP contribution < -0.4 is 5.32 Å². The van der Waals surface area contributed by atoms with E-state index in [9.17, 15) is 0 Å².